The van der Waals surface area contributed by atoms with E-state index in [2.05, 4.69) is 15.4 Å². The van der Waals surface area contributed by atoms with E-state index in [9.17, 15) is 13.2 Å². The molecule has 3 aromatic rings. The molecule has 0 radical (unpaired) electrons. The van der Waals surface area contributed by atoms with Crippen LogP contribution in [0.3, 0.4) is 0 Å². The van der Waals surface area contributed by atoms with E-state index < -0.39 is 11.7 Å². The van der Waals surface area contributed by atoms with Crippen molar-refractivity contribution in [1.29, 1.82) is 0 Å². The van der Waals surface area contributed by atoms with Crippen LogP contribution in [-0.4, -0.2) is 14.8 Å². The molecule has 0 aliphatic carbocycles. The second-order valence-corrected chi connectivity index (χ2v) is 5.18. The fraction of sp³-hybridized carbons (Fsp3) is 0.133. The van der Waals surface area contributed by atoms with Gasteiger partial charge in [-0.1, -0.05) is 6.07 Å². The number of nitrogens with one attached hydrogen (secondary N) is 1. The van der Waals surface area contributed by atoms with Crippen LogP contribution in [0.25, 0.3) is 11.5 Å². The van der Waals surface area contributed by atoms with Gasteiger partial charge in [-0.2, -0.15) is 13.2 Å². The van der Waals surface area contributed by atoms with Crippen molar-refractivity contribution in [3.8, 4) is 11.5 Å². The first-order valence-electron chi connectivity index (χ1n) is 6.83. The van der Waals surface area contributed by atoms with Crippen LogP contribution in [0.4, 0.5) is 18.9 Å². The number of aromatic nitrogens is 3. The van der Waals surface area contributed by atoms with Gasteiger partial charge in [-0.3, -0.25) is 4.98 Å². The van der Waals surface area contributed by atoms with Crippen molar-refractivity contribution < 1.29 is 17.6 Å². The molecule has 0 amide bonds. The smallest absolute Gasteiger partial charge is 0.409 e. The Balaban J connectivity index is 1.76. The van der Waals surface area contributed by atoms with Crippen molar-refractivity contribution in [1.82, 2.24) is 14.8 Å². The quantitative estimate of drug-likeness (QED) is 0.707. The number of benzene rings is 1. The highest BCUT2D eigenvalue weighted by atomic mass is 32.1. The second-order valence-electron chi connectivity index (χ2n) is 4.83. The first kappa shape index (κ1) is 16.2. The number of halogens is 3. The van der Waals surface area contributed by atoms with Gasteiger partial charge in [0.2, 0.25) is 5.89 Å². The summed E-state index contributed by atoms with van der Waals surface area (Å²) >= 11 is 5.07. The molecule has 2 heterocycles. The maximum Gasteiger partial charge on any atom is 0.416 e. The molecule has 2 aromatic heterocycles. The maximum atomic E-state index is 12.7. The number of hydrogen-bond donors (Lipinski definition) is 1. The minimum atomic E-state index is -4.39. The van der Waals surface area contributed by atoms with Crippen LogP contribution in [0.1, 0.15) is 5.56 Å². The molecule has 0 saturated carbocycles. The zero-order valence-electron chi connectivity index (χ0n) is 12.1. The van der Waals surface area contributed by atoms with Gasteiger partial charge in [0.25, 0.3) is 4.84 Å². The Kier molecular flexibility index (Phi) is 4.34. The van der Waals surface area contributed by atoms with Crippen molar-refractivity contribution in [3.05, 3.63) is 59.2 Å². The monoisotopic (exact) mass is 352 g/mol. The maximum absolute atomic E-state index is 12.7. The summed E-state index contributed by atoms with van der Waals surface area (Å²) in [4.78, 5) is 4.07. The zero-order chi connectivity index (χ0) is 17.2. The molecule has 0 aliphatic heterocycles. The van der Waals surface area contributed by atoms with E-state index in [0.29, 0.717) is 17.1 Å². The van der Waals surface area contributed by atoms with Crippen LogP contribution in [0, 0.1) is 4.84 Å². The van der Waals surface area contributed by atoms with Gasteiger partial charge in [-0.25, -0.2) is 4.68 Å². The lowest BCUT2D eigenvalue weighted by atomic mass is 10.2. The predicted molar refractivity (Wildman–Crippen MR) is 83.6 cm³/mol. The highest BCUT2D eigenvalue weighted by molar-refractivity contribution is 7.71. The minimum Gasteiger partial charge on any atom is -0.409 e. The highest BCUT2D eigenvalue weighted by Gasteiger charge is 2.30. The number of nitrogens with zero attached hydrogens (tertiary/aromatic N) is 3. The van der Waals surface area contributed by atoms with Crippen LogP contribution in [0.2, 0.25) is 0 Å². The summed E-state index contributed by atoms with van der Waals surface area (Å²) in [6.07, 6.45) is -1.20. The Hall–Kier alpha value is -2.68. The molecule has 0 bridgehead atoms. The van der Waals surface area contributed by atoms with Crippen LogP contribution >= 0.6 is 12.2 Å². The van der Waals surface area contributed by atoms with Gasteiger partial charge in [0.15, 0.2) is 0 Å². The predicted octanol–water partition coefficient (Wildman–Crippen LogP) is 4.36. The van der Waals surface area contributed by atoms with E-state index in [0.717, 1.165) is 12.1 Å². The minimum absolute atomic E-state index is 0.0733. The number of hydrogen-bond acceptors (Lipinski definition) is 5. The first-order valence-corrected chi connectivity index (χ1v) is 7.24. The van der Waals surface area contributed by atoms with Gasteiger partial charge >= 0.3 is 6.18 Å². The summed E-state index contributed by atoms with van der Waals surface area (Å²) in [6, 6.07) is 8.38. The van der Waals surface area contributed by atoms with E-state index in [4.69, 9.17) is 16.6 Å². The summed E-state index contributed by atoms with van der Waals surface area (Å²) in [5.41, 5.74) is 0.228. The molecule has 0 unspecified atom stereocenters. The third-order valence-corrected chi connectivity index (χ3v) is 3.43. The van der Waals surface area contributed by atoms with E-state index >= 15 is 0 Å². The second kappa shape index (κ2) is 6.44. The molecular formula is C15H11F3N4OS. The molecule has 9 heteroatoms. The van der Waals surface area contributed by atoms with Gasteiger partial charge in [-0.15, -0.1) is 5.10 Å². The van der Waals surface area contributed by atoms with Gasteiger partial charge in [0, 0.05) is 18.1 Å². The van der Waals surface area contributed by atoms with E-state index in [1.807, 2.05) is 0 Å². The molecule has 0 fully saturated rings. The third-order valence-electron chi connectivity index (χ3n) is 3.14. The zero-order valence-corrected chi connectivity index (χ0v) is 12.9. The van der Waals surface area contributed by atoms with Gasteiger partial charge < -0.3 is 9.73 Å². The lowest BCUT2D eigenvalue weighted by Gasteiger charge is -2.10. The SMILES string of the molecule is FC(F)(F)c1cccc(NCn2nc(-c3cccnc3)oc2=S)c1. The molecule has 0 aliphatic rings. The fourth-order valence-corrected chi connectivity index (χ4v) is 2.17. The Morgan fingerprint density at radius 2 is 2.04 bits per heavy atom. The van der Waals surface area contributed by atoms with Gasteiger partial charge in [0.1, 0.15) is 6.67 Å². The molecule has 0 saturated heterocycles. The topological polar surface area (TPSA) is 55.9 Å². The van der Waals surface area contributed by atoms with Crippen LogP contribution in [0.5, 0.6) is 0 Å². The van der Waals surface area contributed by atoms with Crippen molar-refractivity contribution in [2.24, 2.45) is 0 Å². The van der Waals surface area contributed by atoms with Crippen LogP contribution < -0.4 is 5.32 Å². The lowest BCUT2D eigenvalue weighted by molar-refractivity contribution is -0.137. The van der Waals surface area contributed by atoms with Crippen LogP contribution in [0.15, 0.2) is 53.2 Å². The largest absolute Gasteiger partial charge is 0.416 e. The summed E-state index contributed by atoms with van der Waals surface area (Å²) in [6.45, 7) is 0.0733. The molecule has 1 aromatic carbocycles. The van der Waals surface area contributed by atoms with Crippen molar-refractivity contribution in [2.45, 2.75) is 12.8 Å². The van der Waals surface area contributed by atoms with Crippen LogP contribution in [-0.2, 0) is 12.8 Å². The Morgan fingerprint density at radius 1 is 1.21 bits per heavy atom. The molecule has 24 heavy (non-hydrogen) atoms. The van der Waals surface area contributed by atoms with Gasteiger partial charge in [0.05, 0.1) is 11.1 Å². The standard InChI is InChI=1S/C15H11F3N4OS/c16-15(17,18)11-4-1-5-12(7-11)20-9-22-14(24)23-13(21-22)10-3-2-6-19-8-10/h1-8,20H,9H2. The molecule has 0 atom stereocenters. The molecule has 5 nitrogen and oxygen atoms in total. The number of anilines is 1. The van der Waals surface area contributed by atoms with Gasteiger partial charge in [-0.05, 0) is 42.5 Å². The van der Waals surface area contributed by atoms with Crippen molar-refractivity contribution in [3.63, 3.8) is 0 Å². The fourth-order valence-electron chi connectivity index (χ4n) is 1.98. The van der Waals surface area contributed by atoms with E-state index in [1.54, 1.807) is 24.5 Å². The first-order chi connectivity index (χ1) is 11.4. The number of alkyl halides is 3. The van der Waals surface area contributed by atoms with E-state index in [1.165, 1.54) is 16.8 Å². The summed E-state index contributed by atoms with van der Waals surface area (Å²) in [5.74, 6) is 0.291. The normalized spacial score (nSPS) is 11.5. The number of rotatable bonds is 4. The Bertz CT molecular complexity index is 889. The Labute approximate surface area is 139 Å². The summed E-state index contributed by atoms with van der Waals surface area (Å²) in [7, 11) is 0. The average Bonchev–Trinajstić information content (AvgIpc) is 2.94. The summed E-state index contributed by atoms with van der Waals surface area (Å²) in [5, 5.41) is 7.02. The molecule has 1 N–H and O–H groups in total. The molecule has 3 rings (SSSR count). The average molecular weight is 352 g/mol. The lowest BCUT2D eigenvalue weighted by Crippen LogP contribution is -2.11. The summed E-state index contributed by atoms with van der Waals surface area (Å²) < 4.78 is 44.8. The molecular weight excluding hydrogens is 341 g/mol. The third kappa shape index (κ3) is 3.62. The molecule has 0 spiro atoms. The number of pyridine rings is 1. The van der Waals surface area contributed by atoms with Crippen molar-refractivity contribution >= 4 is 17.9 Å². The molecule has 124 valence electrons. The Morgan fingerprint density at radius 3 is 2.75 bits per heavy atom. The highest BCUT2D eigenvalue weighted by Crippen LogP contribution is 2.30. The van der Waals surface area contributed by atoms with Crippen molar-refractivity contribution in [2.75, 3.05) is 5.32 Å². The van der Waals surface area contributed by atoms with E-state index in [-0.39, 0.29) is 11.5 Å².